The molecule has 26 heavy (non-hydrogen) atoms. The summed E-state index contributed by atoms with van der Waals surface area (Å²) in [4.78, 5) is 15.0. The second-order valence-corrected chi connectivity index (χ2v) is 6.94. The molecule has 0 aromatic heterocycles. The van der Waals surface area contributed by atoms with E-state index in [1.54, 1.807) is 23.1 Å². The molecule has 3 rings (SSSR count). The second kappa shape index (κ2) is 7.25. The van der Waals surface area contributed by atoms with E-state index in [2.05, 4.69) is 6.92 Å². The second-order valence-electron chi connectivity index (χ2n) is 6.53. The monoisotopic (exact) mass is 377 g/mol. The van der Waals surface area contributed by atoms with Gasteiger partial charge in [-0.25, -0.2) is 4.39 Å². The fraction of sp³-hybridized carbons (Fsp3) is 0.350. The first kappa shape index (κ1) is 18.7. The number of benzene rings is 2. The largest absolute Gasteiger partial charge is 0.508 e. The van der Waals surface area contributed by atoms with Gasteiger partial charge in [-0.3, -0.25) is 4.79 Å². The molecule has 0 saturated heterocycles. The van der Waals surface area contributed by atoms with Crippen molar-refractivity contribution in [1.29, 1.82) is 0 Å². The summed E-state index contributed by atoms with van der Waals surface area (Å²) in [6.45, 7) is 2.00. The van der Waals surface area contributed by atoms with Crippen LogP contribution in [0.3, 0.4) is 0 Å². The summed E-state index contributed by atoms with van der Waals surface area (Å²) in [6, 6.07) is 9.22. The number of rotatable bonds is 6. The minimum absolute atomic E-state index is 0.0253. The highest BCUT2D eigenvalue weighted by molar-refractivity contribution is 6.31. The number of amides is 1. The molecule has 4 nitrogen and oxygen atoms in total. The number of aliphatic hydroxyl groups excluding tert-OH is 1. The number of carbonyl (C=O) groups is 1. The van der Waals surface area contributed by atoms with Crippen molar-refractivity contribution in [2.24, 2.45) is 0 Å². The van der Waals surface area contributed by atoms with Gasteiger partial charge in [0.1, 0.15) is 17.0 Å². The predicted molar refractivity (Wildman–Crippen MR) is 99.3 cm³/mol. The van der Waals surface area contributed by atoms with E-state index < -0.39 is 17.8 Å². The first-order valence-corrected chi connectivity index (χ1v) is 9.06. The van der Waals surface area contributed by atoms with E-state index in [1.165, 1.54) is 0 Å². The van der Waals surface area contributed by atoms with Crippen LogP contribution in [-0.4, -0.2) is 29.3 Å². The zero-order valence-corrected chi connectivity index (χ0v) is 15.3. The third kappa shape index (κ3) is 2.75. The molecule has 0 spiro atoms. The van der Waals surface area contributed by atoms with Crippen LogP contribution in [0.5, 0.6) is 5.75 Å². The quantitative estimate of drug-likeness (QED) is 0.748. The van der Waals surface area contributed by atoms with Crippen LogP contribution in [0.15, 0.2) is 36.4 Å². The van der Waals surface area contributed by atoms with Gasteiger partial charge in [-0.15, -0.1) is 0 Å². The molecule has 0 radical (unpaired) electrons. The van der Waals surface area contributed by atoms with Crippen molar-refractivity contribution in [3.63, 3.8) is 0 Å². The Kier molecular flexibility index (Phi) is 5.21. The Morgan fingerprint density at radius 2 is 1.92 bits per heavy atom. The Labute approximate surface area is 156 Å². The minimum atomic E-state index is -1.54. The van der Waals surface area contributed by atoms with Gasteiger partial charge >= 0.3 is 0 Å². The van der Waals surface area contributed by atoms with Crippen LogP contribution in [0.4, 0.5) is 10.1 Å². The lowest BCUT2D eigenvalue weighted by Gasteiger charge is -2.28. The Morgan fingerprint density at radius 3 is 2.62 bits per heavy atom. The lowest BCUT2D eigenvalue weighted by Crippen LogP contribution is -2.44. The molecule has 6 heteroatoms. The van der Waals surface area contributed by atoms with E-state index in [9.17, 15) is 19.4 Å². The zero-order chi connectivity index (χ0) is 18.9. The number of hydrogen-bond acceptors (Lipinski definition) is 3. The molecule has 1 aliphatic rings. The number of phenols is 1. The molecule has 1 amide bonds. The first-order chi connectivity index (χ1) is 12.5. The lowest BCUT2D eigenvalue weighted by atomic mass is 9.75. The number of aliphatic hydroxyl groups is 1. The van der Waals surface area contributed by atoms with E-state index in [-0.39, 0.29) is 22.2 Å². The van der Waals surface area contributed by atoms with Crippen LogP contribution in [0.25, 0.3) is 0 Å². The van der Waals surface area contributed by atoms with Gasteiger partial charge in [0.2, 0.25) is 5.91 Å². The fourth-order valence-corrected chi connectivity index (χ4v) is 3.80. The Balaban J connectivity index is 2.18. The average molecular weight is 378 g/mol. The number of unbranched alkanes of at least 4 members (excludes halogenated alkanes) is 2. The molecule has 138 valence electrons. The van der Waals surface area contributed by atoms with Crippen LogP contribution in [0, 0.1) is 5.82 Å². The standard InChI is InChI=1S/C20H21ClFNO3/c1-2-3-6-9-23-17-8-5-4-7-13(17)20(12-24,19(23)26)14-10-16(22)15(21)11-18(14)25/h4-5,7-8,10-11,24-25H,2-3,6,9,12H2,1H3. The Morgan fingerprint density at radius 1 is 1.19 bits per heavy atom. The van der Waals surface area contributed by atoms with Crippen LogP contribution in [-0.2, 0) is 10.2 Å². The van der Waals surface area contributed by atoms with Gasteiger partial charge in [0.05, 0.1) is 11.6 Å². The normalized spacial score (nSPS) is 19.1. The van der Waals surface area contributed by atoms with Gasteiger partial charge in [0.15, 0.2) is 0 Å². The third-order valence-corrected chi connectivity index (χ3v) is 5.28. The van der Waals surface area contributed by atoms with Crippen molar-refractivity contribution < 1.29 is 19.4 Å². The molecule has 2 aromatic rings. The van der Waals surface area contributed by atoms with Crippen molar-refractivity contribution >= 4 is 23.2 Å². The van der Waals surface area contributed by atoms with E-state index in [4.69, 9.17) is 11.6 Å². The molecule has 0 fully saturated rings. The number of halogens is 2. The van der Waals surface area contributed by atoms with Crippen LogP contribution in [0.1, 0.15) is 37.3 Å². The van der Waals surface area contributed by atoms with E-state index in [0.29, 0.717) is 17.8 Å². The number of hydrogen-bond donors (Lipinski definition) is 2. The molecule has 1 aliphatic heterocycles. The highest BCUT2D eigenvalue weighted by Gasteiger charge is 2.53. The maximum absolute atomic E-state index is 14.1. The molecule has 0 aliphatic carbocycles. The maximum Gasteiger partial charge on any atom is 0.244 e. The molecule has 0 saturated carbocycles. The SMILES string of the molecule is CCCCCN1C(=O)C(CO)(c2cc(F)c(Cl)cc2O)c2ccccc21. The molecular weight excluding hydrogens is 357 g/mol. The molecule has 0 bridgehead atoms. The Bertz CT molecular complexity index is 842. The number of anilines is 1. The van der Waals surface area contributed by atoms with Gasteiger partial charge in [0.25, 0.3) is 0 Å². The maximum atomic E-state index is 14.1. The highest BCUT2D eigenvalue weighted by atomic mass is 35.5. The van der Waals surface area contributed by atoms with E-state index >= 15 is 0 Å². The van der Waals surface area contributed by atoms with Gasteiger partial charge in [-0.05, 0) is 24.1 Å². The van der Waals surface area contributed by atoms with Crippen LogP contribution >= 0.6 is 11.6 Å². The summed E-state index contributed by atoms with van der Waals surface area (Å²) in [7, 11) is 0. The van der Waals surface area contributed by atoms with Crippen LogP contribution < -0.4 is 4.90 Å². The van der Waals surface area contributed by atoms with Crippen molar-refractivity contribution in [3.05, 3.63) is 58.4 Å². The van der Waals surface area contributed by atoms with E-state index in [0.717, 1.165) is 31.4 Å². The molecule has 1 atom stereocenters. The summed E-state index contributed by atoms with van der Waals surface area (Å²) < 4.78 is 14.1. The first-order valence-electron chi connectivity index (χ1n) is 8.68. The number of para-hydroxylation sites is 1. The Hall–Kier alpha value is -2.11. The lowest BCUT2D eigenvalue weighted by molar-refractivity contribution is -0.123. The number of nitrogens with zero attached hydrogens (tertiary/aromatic N) is 1. The van der Waals surface area contributed by atoms with Crippen molar-refractivity contribution in [3.8, 4) is 5.75 Å². The highest BCUT2D eigenvalue weighted by Crippen LogP contribution is 2.49. The minimum Gasteiger partial charge on any atom is -0.508 e. The number of aromatic hydroxyl groups is 1. The predicted octanol–water partition coefficient (Wildman–Crippen LogP) is 4.00. The smallest absolute Gasteiger partial charge is 0.244 e. The molecule has 1 heterocycles. The number of fused-ring (bicyclic) bond motifs is 1. The molecule has 1 unspecified atom stereocenters. The van der Waals surface area contributed by atoms with Gasteiger partial charge in [-0.2, -0.15) is 0 Å². The number of phenolic OH excluding ortho intramolecular Hbond substituents is 1. The molecule has 2 aromatic carbocycles. The van der Waals surface area contributed by atoms with Gasteiger partial charge in [-0.1, -0.05) is 49.6 Å². The van der Waals surface area contributed by atoms with Crippen LogP contribution in [0.2, 0.25) is 5.02 Å². The summed E-state index contributed by atoms with van der Waals surface area (Å²) in [5.41, 5.74) is -0.283. The fourth-order valence-electron chi connectivity index (χ4n) is 3.64. The average Bonchev–Trinajstić information content (AvgIpc) is 2.87. The van der Waals surface area contributed by atoms with Gasteiger partial charge < -0.3 is 15.1 Å². The van der Waals surface area contributed by atoms with E-state index in [1.807, 2.05) is 6.07 Å². The van der Waals surface area contributed by atoms with Gasteiger partial charge in [0, 0.05) is 23.9 Å². The van der Waals surface area contributed by atoms with Crippen molar-refractivity contribution in [2.75, 3.05) is 18.1 Å². The number of carbonyl (C=O) groups excluding carboxylic acids is 1. The zero-order valence-electron chi connectivity index (χ0n) is 14.5. The summed E-state index contributed by atoms with van der Waals surface area (Å²) in [6.07, 6.45) is 2.80. The molecule has 2 N–H and O–H groups in total. The molecular formula is C20H21ClFNO3. The summed E-state index contributed by atoms with van der Waals surface area (Å²) >= 11 is 5.74. The topological polar surface area (TPSA) is 60.8 Å². The summed E-state index contributed by atoms with van der Waals surface area (Å²) in [5.74, 6) is -1.43. The van der Waals surface area contributed by atoms with Crippen molar-refractivity contribution in [2.45, 2.75) is 31.6 Å². The summed E-state index contributed by atoms with van der Waals surface area (Å²) in [5, 5.41) is 20.4. The third-order valence-electron chi connectivity index (χ3n) is 4.99. The van der Waals surface area contributed by atoms with Crippen molar-refractivity contribution in [1.82, 2.24) is 0 Å².